The number of benzene rings is 1. The van der Waals surface area contributed by atoms with E-state index >= 15 is 0 Å². The summed E-state index contributed by atoms with van der Waals surface area (Å²) in [4.78, 5) is 4.54. The highest BCUT2D eigenvalue weighted by molar-refractivity contribution is 7.22. The molecular weight excluding hydrogens is 204 g/mol. The fraction of sp³-hybridized carbons (Fsp3) is 0.417. The monoisotopic (exact) mass is 218 g/mol. The molecule has 1 heterocycles. The quantitative estimate of drug-likeness (QED) is 0.849. The topological polar surface area (TPSA) is 24.9 Å². The number of anilines is 1. The number of rotatable bonds is 4. The third-order valence-corrected chi connectivity index (χ3v) is 3.81. The van der Waals surface area contributed by atoms with E-state index in [1.54, 1.807) is 11.3 Å². The molecule has 0 unspecified atom stereocenters. The minimum atomic E-state index is 0.992. The van der Waals surface area contributed by atoms with Gasteiger partial charge in [0.25, 0.3) is 0 Å². The van der Waals surface area contributed by atoms with Crippen molar-refractivity contribution in [2.75, 3.05) is 11.9 Å². The molecule has 3 heteroatoms. The predicted molar refractivity (Wildman–Crippen MR) is 65.5 cm³/mol. The molecule has 0 bridgehead atoms. The van der Waals surface area contributed by atoms with Gasteiger partial charge in [0.1, 0.15) is 0 Å². The Bertz CT molecular complexity index is 426. The van der Waals surface area contributed by atoms with Gasteiger partial charge in [-0.1, -0.05) is 36.3 Å². The van der Waals surface area contributed by atoms with Crippen molar-refractivity contribution in [3.8, 4) is 0 Å². The zero-order chi connectivity index (χ0) is 10.1. The van der Waals surface area contributed by atoms with Gasteiger partial charge < -0.3 is 5.32 Å². The van der Waals surface area contributed by atoms with E-state index in [9.17, 15) is 0 Å². The van der Waals surface area contributed by atoms with Crippen LogP contribution in [0.3, 0.4) is 0 Å². The molecular formula is C12H14N2S. The van der Waals surface area contributed by atoms with E-state index in [1.165, 1.54) is 24.0 Å². The number of hydrogen-bond donors (Lipinski definition) is 1. The molecule has 0 radical (unpaired) electrons. The smallest absolute Gasteiger partial charge is 0.183 e. The lowest BCUT2D eigenvalue weighted by Gasteiger charge is -1.99. The molecule has 78 valence electrons. The fourth-order valence-corrected chi connectivity index (χ4v) is 2.63. The van der Waals surface area contributed by atoms with Gasteiger partial charge in [-0.15, -0.1) is 0 Å². The first kappa shape index (κ1) is 9.16. The maximum Gasteiger partial charge on any atom is 0.183 e. The zero-order valence-electron chi connectivity index (χ0n) is 8.57. The van der Waals surface area contributed by atoms with Crippen molar-refractivity contribution in [1.29, 1.82) is 0 Å². The van der Waals surface area contributed by atoms with E-state index in [2.05, 4.69) is 28.5 Å². The van der Waals surface area contributed by atoms with Crippen LogP contribution in [0.5, 0.6) is 0 Å². The minimum Gasteiger partial charge on any atom is -0.361 e. The first-order valence-corrected chi connectivity index (χ1v) is 6.33. The van der Waals surface area contributed by atoms with E-state index in [1.807, 2.05) is 6.07 Å². The van der Waals surface area contributed by atoms with Gasteiger partial charge in [-0.2, -0.15) is 0 Å². The second-order valence-electron chi connectivity index (χ2n) is 4.15. The first-order valence-electron chi connectivity index (χ1n) is 5.51. The Morgan fingerprint density at radius 3 is 3.00 bits per heavy atom. The average molecular weight is 218 g/mol. The second kappa shape index (κ2) is 3.81. The third-order valence-electron chi connectivity index (χ3n) is 2.82. The Hall–Kier alpha value is -1.09. The van der Waals surface area contributed by atoms with Crippen molar-refractivity contribution in [2.45, 2.75) is 19.3 Å². The molecule has 2 aromatic rings. The van der Waals surface area contributed by atoms with Crippen LogP contribution in [0.25, 0.3) is 10.2 Å². The summed E-state index contributed by atoms with van der Waals surface area (Å²) in [5.41, 5.74) is 1.11. The lowest BCUT2D eigenvalue weighted by atomic mass is 10.3. The van der Waals surface area contributed by atoms with Crippen LogP contribution in [0.4, 0.5) is 5.13 Å². The van der Waals surface area contributed by atoms with Crippen LogP contribution in [0.1, 0.15) is 19.3 Å². The Balaban J connectivity index is 1.68. The Morgan fingerprint density at radius 2 is 2.20 bits per heavy atom. The maximum atomic E-state index is 4.54. The van der Waals surface area contributed by atoms with Crippen LogP contribution in [-0.4, -0.2) is 11.5 Å². The molecule has 2 nitrogen and oxygen atoms in total. The van der Waals surface area contributed by atoms with Crippen LogP contribution in [-0.2, 0) is 0 Å². The predicted octanol–water partition coefficient (Wildman–Crippen LogP) is 3.51. The minimum absolute atomic E-state index is 0.992. The van der Waals surface area contributed by atoms with E-state index in [-0.39, 0.29) is 0 Å². The van der Waals surface area contributed by atoms with Gasteiger partial charge in [-0.05, 0) is 24.5 Å². The Morgan fingerprint density at radius 1 is 1.33 bits per heavy atom. The van der Waals surface area contributed by atoms with E-state index in [4.69, 9.17) is 0 Å². The van der Waals surface area contributed by atoms with Crippen LogP contribution in [0, 0.1) is 5.92 Å². The van der Waals surface area contributed by atoms with Crippen LogP contribution in [0.15, 0.2) is 24.3 Å². The number of hydrogen-bond acceptors (Lipinski definition) is 3. The molecule has 1 aliphatic rings. The number of aromatic nitrogens is 1. The molecule has 1 aromatic heterocycles. The number of thiazole rings is 1. The summed E-state index contributed by atoms with van der Waals surface area (Å²) in [7, 11) is 0. The number of fused-ring (bicyclic) bond motifs is 1. The second-order valence-corrected chi connectivity index (χ2v) is 5.18. The third kappa shape index (κ3) is 2.12. The molecule has 1 aliphatic carbocycles. The van der Waals surface area contributed by atoms with E-state index < -0.39 is 0 Å². The summed E-state index contributed by atoms with van der Waals surface area (Å²) in [5.74, 6) is 0.992. The van der Waals surface area contributed by atoms with Gasteiger partial charge in [0, 0.05) is 6.54 Å². The highest BCUT2D eigenvalue weighted by atomic mass is 32.1. The van der Waals surface area contributed by atoms with Crippen molar-refractivity contribution < 1.29 is 0 Å². The molecule has 1 saturated carbocycles. The van der Waals surface area contributed by atoms with Gasteiger partial charge >= 0.3 is 0 Å². The van der Waals surface area contributed by atoms with Crippen LogP contribution < -0.4 is 5.32 Å². The summed E-state index contributed by atoms with van der Waals surface area (Å²) in [5, 5.41) is 4.48. The molecule has 0 spiro atoms. The van der Waals surface area contributed by atoms with E-state index in [0.29, 0.717) is 0 Å². The molecule has 0 saturated heterocycles. The average Bonchev–Trinajstić information content (AvgIpc) is 2.97. The van der Waals surface area contributed by atoms with Gasteiger partial charge in [0.05, 0.1) is 10.2 Å². The highest BCUT2D eigenvalue weighted by Gasteiger charge is 2.20. The molecule has 1 N–H and O–H groups in total. The molecule has 0 aliphatic heterocycles. The number of nitrogens with one attached hydrogen (secondary N) is 1. The van der Waals surface area contributed by atoms with Gasteiger partial charge in [-0.3, -0.25) is 0 Å². The highest BCUT2D eigenvalue weighted by Crippen LogP contribution is 2.32. The van der Waals surface area contributed by atoms with Crippen molar-refractivity contribution in [2.24, 2.45) is 5.92 Å². The SMILES string of the molecule is c1ccc2sc(NCCC3CC3)nc2c1. The van der Waals surface area contributed by atoms with Crippen LogP contribution >= 0.6 is 11.3 Å². The van der Waals surface area contributed by atoms with Crippen molar-refractivity contribution in [3.63, 3.8) is 0 Å². The molecule has 1 aromatic carbocycles. The largest absolute Gasteiger partial charge is 0.361 e. The molecule has 15 heavy (non-hydrogen) atoms. The molecule has 3 rings (SSSR count). The summed E-state index contributed by atoms with van der Waals surface area (Å²) >= 11 is 1.75. The lowest BCUT2D eigenvalue weighted by Crippen LogP contribution is -2.01. The van der Waals surface area contributed by atoms with Crippen molar-refractivity contribution in [1.82, 2.24) is 4.98 Å². The molecule has 0 amide bonds. The summed E-state index contributed by atoms with van der Waals surface area (Å²) in [6.45, 7) is 1.07. The summed E-state index contributed by atoms with van der Waals surface area (Å²) in [6, 6.07) is 8.29. The van der Waals surface area contributed by atoms with Crippen molar-refractivity contribution in [3.05, 3.63) is 24.3 Å². The normalized spacial score (nSPS) is 15.7. The van der Waals surface area contributed by atoms with Crippen LogP contribution in [0.2, 0.25) is 0 Å². The molecule has 1 fully saturated rings. The standard InChI is InChI=1S/C12H14N2S/c1-2-4-11-10(3-1)14-12(15-11)13-8-7-9-5-6-9/h1-4,9H,5-8H2,(H,13,14). The van der Waals surface area contributed by atoms with Gasteiger partial charge in [0.15, 0.2) is 5.13 Å². The zero-order valence-corrected chi connectivity index (χ0v) is 9.39. The first-order chi connectivity index (χ1) is 7.42. The number of para-hydroxylation sites is 1. The van der Waals surface area contributed by atoms with Gasteiger partial charge in [-0.25, -0.2) is 4.98 Å². The summed E-state index contributed by atoms with van der Waals surface area (Å²) < 4.78 is 1.27. The number of nitrogens with zero attached hydrogens (tertiary/aromatic N) is 1. The summed E-state index contributed by atoms with van der Waals surface area (Å²) in [6.07, 6.45) is 4.17. The Labute approximate surface area is 93.3 Å². The van der Waals surface area contributed by atoms with E-state index in [0.717, 1.165) is 23.1 Å². The fourth-order valence-electron chi connectivity index (χ4n) is 1.74. The lowest BCUT2D eigenvalue weighted by molar-refractivity contribution is 0.760. The molecule has 0 atom stereocenters. The Kier molecular flexibility index (Phi) is 2.33. The maximum absolute atomic E-state index is 4.54. The van der Waals surface area contributed by atoms with Crippen molar-refractivity contribution >= 4 is 26.7 Å². The van der Waals surface area contributed by atoms with Gasteiger partial charge in [0.2, 0.25) is 0 Å².